The van der Waals surface area contributed by atoms with E-state index in [-0.39, 0.29) is 0 Å². The summed E-state index contributed by atoms with van der Waals surface area (Å²) in [5.74, 6) is 0.576. The Bertz CT molecular complexity index is 593. The van der Waals surface area contributed by atoms with Gasteiger partial charge in [-0.15, -0.1) is 0 Å². The Kier molecular flexibility index (Phi) is 5.86. The number of nitrogens with one attached hydrogen (secondary N) is 1. The van der Waals surface area contributed by atoms with Crippen LogP contribution in [0.25, 0.3) is 0 Å². The van der Waals surface area contributed by atoms with Crippen molar-refractivity contribution < 1.29 is 0 Å². The lowest BCUT2D eigenvalue weighted by Gasteiger charge is -2.16. The van der Waals surface area contributed by atoms with Crippen LogP contribution in [0.2, 0.25) is 5.02 Å². The Morgan fingerprint density at radius 1 is 1.00 bits per heavy atom. The van der Waals surface area contributed by atoms with Gasteiger partial charge in [-0.2, -0.15) is 0 Å². The third-order valence-electron chi connectivity index (χ3n) is 3.72. The smallest absolute Gasteiger partial charge is 0.0417 e. The summed E-state index contributed by atoms with van der Waals surface area (Å²) < 4.78 is 1.05. The molecule has 2 rings (SSSR count). The summed E-state index contributed by atoms with van der Waals surface area (Å²) in [4.78, 5) is 0. The lowest BCUT2D eigenvalue weighted by Crippen LogP contribution is -2.18. The van der Waals surface area contributed by atoms with Gasteiger partial charge in [-0.3, -0.25) is 0 Å². The van der Waals surface area contributed by atoms with Gasteiger partial charge in [0.2, 0.25) is 0 Å². The third-order valence-corrected chi connectivity index (χ3v) is 4.69. The Hall–Kier alpha value is -0.830. The third kappa shape index (κ3) is 4.57. The Morgan fingerprint density at radius 2 is 1.62 bits per heavy atom. The van der Waals surface area contributed by atoms with Crippen LogP contribution in [0.1, 0.15) is 49.4 Å². The van der Waals surface area contributed by atoms with Gasteiger partial charge in [0, 0.05) is 22.1 Å². The van der Waals surface area contributed by atoms with Gasteiger partial charge in [-0.05, 0) is 41.7 Å². The van der Waals surface area contributed by atoms with Crippen LogP contribution in [0.4, 0.5) is 0 Å². The fraction of sp³-hybridized carbons (Fsp3) is 0.333. The summed E-state index contributed by atoms with van der Waals surface area (Å²) in [7, 11) is 0. The second-order valence-corrected chi connectivity index (χ2v) is 6.95. The molecule has 1 nitrogen and oxygen atoms in total. The SMILES string of the molecule is CC(C)c1ccc(C(C)NCc2ccc(Cl)cc2Br)cc1. The van der Waals surface area contributed by atoms with Gasteiger partial charge in [-0.25, -0.2) is 0 Å². The molecule has 21 heavy (non-hydrogen) atoms. The molecule has 0 amide bonds. The molecule has 0 aliphatic carbocycles. The molecule has 2 aromatic carbocycles. The minimum atomic E-state index is 0.314. The number of hydrogen-bond acceptors (Lipinski definition) is 1. The van der Waals surface area contributed by atoms with Crippen molar-refractivity contribution in [2.75, 3.05) is 0 Å². The normalized spacial score (nSPS) is 12.7. The van der Waals surface area contributed by atoms with E-state index in [0.29, 0.717) is 12.0 Å². The second kappa shape index (κ2) is 7.44. The highest BCUT2D eigenvalue weighted by Gasteiger charge is 2.07. The molecular weight excluding hydrogens is 346 g/mol. The van der Waals surface area contributed by atoms with E-state index in [4.69, 9.17) is 11.6 Å². The molecular formula is C18H21BrClN. The zero-order valence-electron chi connectivity index (χ0n) is 12.7. The molecule has 2 aromatic rings. The first-order valence-electron chi connectivity index (χ1n) is 7.24. The van der Waals surface area contributed by atoms with E-state index in [1.165, 1.54) is 16.7 Å². The highest BCUT2D eigenvalue weighted by molar-refractivity contribution is 9.10. The van der Waals surface area contributed by atoms with E-state index in [1.807, 2.05) is 18.2 Å². The summed E-state index contributed by atoms with van der Waals surface area (Å²) in [6.45, 7) is 7.43. The van der Waals surface area contributed by atoms with Crippen LogP contribution in [0, 0.1) is 0 Å². The average molecular weight is 367 g/mol. The summed E-state index contributed by atoms with van der Waals surface area (Å²) in [6.07, 6.45) is 0. The molecule has 0 heterocycles. The molecule has 1 N–H and O–H groups in total. The van der Waals surface area contributed by atoms with Crippen LogP contribution in [0.15, 0.2) is 46.9 Å². The van der Waals surface area contributed by atoms with Gasteiger partial charge in [0.15, 0.2) is 0 Å². The van der Waals surface area contributed by atoms with Gasteiger partial charge in [-0.1, -0.05) is 71.7 Å². The fourth-order valence-electron chi connectivity index (χ4n) is 2.22. The zero-order valence-corrected chi connectivity index (χ0v) is 15.0. The van der Waals surface area contributed by atoms with E-state index in [9.17, 15) is 0 Å². The van der Waals surface area contributed by atoms with Crippen molar-refractivity contribution in [3.8, 4) is 0 Å². The molecule has 1 atom stereocenters. The number of benzene rings is 2. The first-order valence-corrected chi connectivity index (χ1v) is 8.41. The number of rotatable bonds is 5. The molecule has 0 aliphatic heterocycles. The zero-order chi connectivity index (χ0) is 15.4. The van der Waals surface area contributed by atoms with Crippen molar-refractivity contribution >= 4 is 27.5 Å². The predicted octanol–water partition coefficient (Wildman–Crippen LogP) is 6.08. The van der Waals surface area contributed by atoms with Gasteiger partial charge < -0.3 is 5.32 Å². The number of halogens is 2. The standard InChI is InChI=1S/C18H21BrClN/c1-12(2)14-4-6-15(7-5-14)13(3)21-11-16-8-9-17(20)10-18(16)19/h4-10,12-13,21H,11H2,1-3H3. The lowest BCUT2D eigenvalue weighted by molar-refractivity contribution is 0.573. The van der Waals surface area contributed by atoms with Crippen LogP contribution >= 0.6 is 27.5 Å². The van der Waals surface area contributed by atoms with E-state index in [2.05, 4.69) is 66.3 Å². The first kappa shape index (κ1) is 16.5. The van der Waals surface area contributed by atoms with Gasteiger partial charge >= 0.3 is 0 Å². The van der Waals surface area contributed by atoms with Crippen molar-refractivity contribution in [3.05, 3.63) is 68.7 Å². The predicted molar refractivity (Wildman–Crippen MR) is 94.9 cm³/mol. The maximum atomic E-state index is 5.97. The molecule has 0 fully saturated rings. The van der Waals surface area contributed by atoms with Gasteiger partial charge in [0.05, 0.1) is 0 Å². The highest BCUT2D eigenvalue weighted by Crippen LogP contribution is 2.23. The second-order valence-electron chi connectivity index (χ2n) is 5.66. The molecule has 1 unspecified atom stereocenters. The van der Waals surface area contributed by atoms with Crippen LogP contribution in [0.3, 0.4) is 0 Å². The van der Waals surface area contributed by atoms with Crippen LogP contribution in [-0.2, 0) is 6.54 Å². The molecule has 0 saturated carbocycles. The highest BCUT2D eigenvalue weighted by atomic mass is 79.9. The van der Waals surface area contributed by atoms with Crippen LogP contribution in [0.5, 0.6) is 0 Å². The van der Waals surface area contributed by atoms with Gasteiger partial charge in [0.25, 0.3) is 0 Å². The molecule has 0 aromatic heterocycles. The molecule has 0 bridgehead atoms. The van der Waals surface area contributed by atoms with Crippen LogP contribution in [-0.4, -0.2) is 0 Å². The molecule has 3 heteroatoms. The summed E-state index contributed by atoms with van der Waals surface area (Å²) in [5, 5.41) is 4.30. The first-order chi connectivity index (χ1) is 9.97. The molecule has 112 valence electrons. The molecule has 0 saturated heterocycles. The van der Waals surface area contributed by atoms with Crippen LogP contribution < -0.4 is 5.32 Å². The van der Waals surface area contributed by atoms with Crippen molar-refractivity contribution in [1.82, 2.24) is 5.32 Å². The molecule has 0 radical (unpaired) electrons. The van der Waals surface area contributed by atoms with Gasteiger partial charge in [0.1, 0.15) is 0 Å². The summed E-state index contributed by atoms with van der Waals surface area (Å²) in [6, 6.07) is 15.1. The molecule has 0 aliphatic rings. The largest absolute Gasteiger partial charge is 0.306 e. The summed E-state index contributed by atoms with van der Waals surface area (Å²) >= 11 is 9.52. The van der Waals surface area contributed by atoms with Crippen molar-refractivity contribution in [1.29, 1.82) is 0 Å². The minimum absolute atomic E-state index is 0.314. The fourth-order valence-corrected chi connectivity index (χ4v) is 3.04. The number of hydrogen-bond donors (Lipinski definition) is 1. The maximum absolute atomic E-state index is 5.97. The van der Waals surface area contributed by atoms with Crippen molar-refractivity contribution in [3.63, 3.8) is 0 Å². The lowest BCUT2D eigenvalue weighted by atomic mass is 9.99. The monoisotopic (exact) mass is 365 g/mol. The van der Waals surface area contributed by atoms with E-state index < -0.39 is 0 Å². The quantitative estimate of drug-likeness (QED) is 0.676. The topological polar surface area (TPSA) is 12.0 Å². The molecule has 0 spiro atoms. The average Bonchev–Trinajstić information content (AvgIpc) is 2.46. The maximum Gasteiger partial charge on any atom is 0.0417 e. The van der Waals surface area contributed by atoms with Crippen molar-refractivity contribution in [2.24, 2.45) is 0 Å². The minimum Gasteiger partial charge on any atom is -0.306 e. The van der Waals surface area contributed by atoms with E-state index in [0.717, 1.165) is 16.0 Å². The Labute approximate surface area is 140 Å². The Balaban J connectivity index is 1.99. The van der Waals surface area contributed by atoms with E-state index >= 15 is 0 Å². The van der Waals surface area contributed by atoms with E-state index in [1.54, 1.807) is 0 Å². The van der Waals surface area contributed by atoms with Crippen molar-refractivity contribution in [2.45, 2.75) is 39.3 Å². The Morgan fingerprint density at radius 3 is 2.19 bits per heavy atom. The summed E-state index contributed by atoms with van der Waals surface area (Å²) in [5.41, 5.74) is 3.90.